The lowest BCUT2D eigenvalue weighted by Crippen LogP contribution is -2.50. The Bertz CT molecular complexity index is 171. The van der Waals surface area contributed by atoms with Gasteiger partial charge < -0.3 is 5.32 Å². The highest BCUT2D eigenvalue weighted by molar-refractivity contribution is 7.99. The standard InChI is InChI=1S/C11H23NS2/c1-9(7-13-4)12-10-8-14-6-5-11(10,2)3/h9-10,12H,5-8H2,1-4H3. The van der Waals surface area contributed by atoms with E-state index in [0.29, 0.717) is 17.5 Å². The molecule has 0 aliphatic carbocycles. The molecule has 3 heteroatoms. The van der Waals surface area contributed by atoms with Crippen LogP contribution in [-0.4, -0.2) is 35.6 Å². The van der Waals surface area contributed by atoms with E-state index in [9.17, 15) is 0 Å². The van der Waals surface area contributed by atoms with Crippen LogP contribution in [0.3, 0.4) is 0 Å². The Morgan fingerprint density at radius 2 is 2.29 bits per heavy atom. The molecule has 0 spiro atoms. The molecule has 0 bridgehead atoms. The van der Waals surface area contributed by atoms with Crippen molar-refractivity contribution in [3.63, 3.8) is 0 Å². The van der Waals surface area contributed by atoms with Crippen LogP contribution in [0.2, 0.25) is 0 Å². The van der Waals surface area contributed by atoms with Gasteiger partial charge in [-0.1, -0.05) is 13.8 Å². The highest BCUT2D eigenvalue weighted by Gasteiger charge is 2.32. The van der Waals surface area contributed by atoms with Gasteiger partial charge in [0.1, 0.15) is 0 Å². The van der Waals surface area contributed by atoms with E-state index in [1.807, 2.05) is 11.8 Å². The van der Waals surface area contributed by atoms with Crippen LogP contribution >= 0.6 is 23.5 Å². The summed E-state index contributed by atoms with van der Waals surface area (Å²) in [7, 11) is 0. The van der Waals surface area contributed by atoms with Gasteiger partial charge in [-0.05, 0) is 30.8 Å². The summed E-state index contributed by atoms with van der Waals surface area (Å²) in [5.41, 5.74) is 0.484. The minimum atomic E-state index is 0.484. The molecule has 1 N–H and O–H groups in total. The van der Waals surface area contributed by atoms with E-state index >= 15 is 0 Å². The summed E-state index contributed by atoms with van der Waals surface area (Å²) < 4.78 is 0. The van der Waals surface area contributed by atoms with Gasteiger partial charge in [0.05, 0.1) is 0 Å². The Hall–Kier alpha value is 0.660. The summed E-state index contributed by atoms with van der Waals surface area (Å²) >= 11 is 4.03. The molecule has 0 aromatic rings. The van der Waals surface area contributed by atoms with E-state index in [0.717, 1.165) is 0 Å². The van der Waals surface area contributed by atoms with Crippen molar-refractivity contribution in [3.8, 4) is 0 Å². The molecule has 1 heterocycles. The van der Waals surface area contributed by atoms with Crippen molar-refractivity contribution < 1.29 is 0 Å². The molecule has 1 aliphatic heterocycles. The van der Waals surface area contributed by atoms with E-state index in [1.54, 1.807) is 0 Å². The fraction of sp³-hybridized carbons (Fsp3) is 1.00. The molecule has 84 valence electrons. The predicted molar refractivity (Wildman–Crippen MR) is 70.5 cm³/mol. The molecule has 1 saturated heterocycles. The minimum absolute atomic E-state index is 0.484. The van der Waals surface area contributed by atoms with Gasteiger partial charge in [0.2, 0.25) is 0 Å². The molecule has 0 aromatic carbocycles. The Morgan fingerprint density at radius 3 is 2.86 bits per heavy atom. The van der Waals surface area contributed by atoms with Gasteiger partial charge in [-0.15, -0.1) is 0 Å². The first-order chi connectivity index (χ1) is 6.56. The second-order valence-electron chi connectivity index (χ2n) is 4.89. The zero-order valence-corrected chi connectivity index (χ0v) is 11.4. The molecule has 0 amide bonds. The predicted octanol–water partition coefficient (Wildman–Crippen LogP) is 2.86. The summed E-state index contributed by atoms with van der Waals surface area (Å²) in [4.78, 5) is 0. The number of nitrogens with one attached hydrogen (secondary N) is 1. The number of rotatable bonds is 4. The van der Waals surface area contributed by atoms with Gasteiger partial charge in [0, 0.05) is 23.6 Å². The molecule has 1 aliphatic rings. The average molecular weight is 233 g/mol. The van der Waals surface area contributed by atoms with Gasteiger partial charge in [-0.25, -0.2) is 0 Å². The number of hydrogen-bond acceptors (Lipinski definition) is 3. The molecule has 2 atom stereocenters. The maximum atomic E-state index is 3.77. The van der Waals surface area contributed by atoms with Crippen LogP contribution in [0.5, 0.6) is 0 Å². The van der Waals surface area contributed by atoms with Gasteiger partial charge in [-0.2, -0.15) is 23.5 Å². The molecule has 1 rings (SSSR count). The van der Waals surface area contributed by atoms with Crippen LogP contribution in [0.4, 0.5) is 0 Å². The topological polar surface area (TPSA) is 12.0 Å². The third kappa shape index (κ3) is 3.67. The molecular formula is C11H23NS2. The van der Waals surface area contributed by atoms with Crippen LogP contribution < -0.4 is 5.32 Å². The van der Waals surface area contributed by atoms with Gasteiger partial charge in [0.15, 0.2) is 0 Å². The normalized spacial score (nSPS) is 28.7. The first kappa shape index (κ1) is 12.7. The molecule has 1 fully saturated rings. The molecule has 14 heavy (non-hydrogen) atoms. The first-order valence-corrected chi connectivity index (χ1v) is 7.94. The van der Waals surface area contributed by atoms with Crippen molar-refractivity contribution in [2.24, 2.45) is 5.41 Å². The fourth-order valence-corrected chi connectivity index (χ4v) is 4.07. The van der Waals surface area contributed by atoms with Crippen LogP contribution in [0, 0.1) is 5.41 Å². The second-order valence-corrected chi connectivity index (χ2v) is 6.95. The van der Waals surface area contributed by atoms with Crippen molar-refractivity contribution in [2.45, 2.75) is 39.3 Å². The van der Waals surface area contributed by atoms with E-state index < -0.39 is 0 Å². The average Bonchev–Trinajstić information content (AvgIpc) is 2.09. The van der Waals surface area contributed by atoms with E-state index in [4.69, 9.17) is 0 Å². The minimum Gasteiger partial charge on any atom is -0.309 e. The number of hydrogen-bond donors (Lipinski definition) is 1. The van der Waals surface area contributed by atoms with E-state index in [2.05, 4.69) is 44.1 Å². The monoisotopic (exact) mass is 233 g/mol. The summed E-state index contributed by atoms with van der Waals surface area (Å²) in [5.74, 6) is 3.84. The van der Waals surface area contributed by atoms with Crippen molar-refractivity contribution in [3.05, 3.63) is 0 Å². The lowest BCUT2D eigenvalue weighted by atomic mass is 9.82. The van der Waals surface area contributed by atoms with Crippen LogP contribution in [0.1, 0.15) is 27.2 Å². The quantitative estimate of drug-likeness (QED) is 0.802. The lowest BCUT2D eigenvalue weighted by molar-refractivity contribution is 0.235. The lowest BCUT2D eigenvalue weighted by Gasteiger charge is -2.40. The largest absolute Gasteiger partial charge is 0.309 e. The first-order valence-electron chi connectivity index (χ1n) is 5.39. The van der Waals surface area contributed by atoms with Crippen LogP contribution in [0.25, 0.3) is 0 Å². The maximum absolute atomic E-state index is 3.77. The van der Waals surface area contributed by atoms with E-state index in [-0.39, 0.29) is 0 Å². The molecule has 1 nitrogen and oxygen atoms in total. The third-order valence-electron chi connectivity index (χ3n) is 3.02. The maximum Gasteiger partial charge on any atom is 0.0212 e. The Balaban J connectivity index is 2.41. The van der Waals surface area contributed by atoms with Crippen molar-refractivity contribution >= 4 is 23.5 Å². The van der Waals surface area contributed by atoms with Gasteiger partial charge >= 0.3 is 0 Å². The summed E-state index contributed by atoms with van der Waals surface area (Å²) in [6.07, 6.45) is 3.53. The van der Waals surface area contributed by atoms with Gasteiger partial charge in [-0.3, -0.25) is 0 Å². The van der Waals surface area contributed by atoms with Crippen molar-refractivity contribution in [1.82, 2.24) is 5.32 Å². The molecule has 0 aromatic heterocycles. The zero-order chi connectivity index (χ0) is 10.6. The zero-order valence-electron chi connectivity index (χ0n) is 9.80. The Kier molecular flexibility index (Phi) is 5.15. The third-order valence-corrected chi connectivity index (χ3v) is 4.92. The van der Waals surface area contributed by atoms with Crippen LogP contribution in [-0.2, 0) is 0 Å². The number of thioether (sulfide) groups is 2. The Labute approximate surface area is 97.2 Å². The van der Waals surface area contributed by atoms with Crippen molar-refractivity contribution in [2.75, 3.05) is 23.5 Å². The molecule has 0 saturated carbocycles. The molecular weight excluding hydrogens is 210 g/mol. The highest BCUT2D eigenvalue weighted by atomic mass is 32.2. The van der Waals surface area contributed by atoms with E-state index in [1.165, 1.54) is 23.7 Å². The summed E-state index contributed by atoms with van der Waals surface area (Å²) in [6.45, 7) is 7.10. The molecule has 0 radical (unpaired) electrons. The SMILES string of the molecule is CSCC(C)NC1CSCCC1(C)C. The smallest absolute Gasteiger partial charge is 0.0212 e. The van der Waals surface area contributed by atoms with Gasteiger partial charge in [0.25, 0.3) is 0 Å². The fourth-order valence-electron chi connectivity index (χ4n) is 1.85. The molecule has 2 unspecified atom stereocenters. The Morgan fingerprint density at radius 1 is 1.57 bits per heavy atom. The second kappa shape index (κ2) is 5.66. The van der Waals surface area contributed by atoms with Crippen molar-refractivity contribution in [1.29, 1.82) is 0 Å². The van der Waals surface area contributed by atoms with Crippen LogP contribution in [0.15, 0.2) is 0 Å². The summed E-state index contributed by atoms with van der Waals surface area (Å²) in [5, 5.41) is 3.77. The highest BCUT2D eigenvalue weighted by Crippen LogP contribution is 2.34. The summed E-state index contributed by atoms with van der Waals surface area (Å²) in [6, 6.07) is 1.34.